The van der Waals surface area contributed by atoms with Crippen LogP contribution in [0.1, 0.15) is 45.4 Å². The molecular weight excluding hydrogens is 234 g/mol. The van der Waals surface area contributed by atoms with Crippen LogP contribution in [0.25, 0.3) is 0 Å². The summed E-state index contributed by atoms with van der Waals surface area (Å²) in [4.78, 5) is 8.58. The maximum absolute atomic E-state index is 5.96. The first-order chi connectivity index (χ1) is 8.06. The lowest BCUT2D eigenvalue weighted by Crippen LogP contribution is -2.18. The Balaban J connectivity index is 2.87. The molecule has 0 aliphatic heterocycles. The fraction of sp³-hybridized carbons (Fsp3) is 0.538. The van der Waals surface area contributed by atoms with Crippen LogP contribution in [0.15, 0.2) is 6.07 Å². The number of nitrogens with one attached hydrogen (secondary N) is 1. The summed E-state index contributed by atoms with van der Waals surface area (Å²) in [5, 5.41) is 3.64. The van der Waals surface area contributed by atoms with Gasteiger partial charge in [0.25, 0.3) is 0 Å². The van der Waals surface area contributed by atoms with Crippen LogP contribution in [0.3, 0.4) is 0 Å². The molecule has 3 nitrogen and oxygen atoms in total. The van der Waals surface area contributed by atoms with Crippen molar-refractivity contribution < 1.29 is 0 Å². The fourth-order valence-corrected chi connectivity index (χ4v) is 1.62. The first-order valence-electron chi connectivity index (χ1n) is 5.84. The Morgan fingerprint density at radius 3 is 2.71 bits per heavy atom. The van der Waals surface area contributed by atoms with Gasteiger partial charge in [-0.05, 0) is 6.42 Å². The van der Waals surface area contributed by atoms with E-state index in [9.17, 15) is 0 Å². The van der Waals surface area contributed by atoms with Crippen LogP contribution in [0.5, 0.6) is 0 Å². The van der Waals surface area contributed by atoms with E-state index < -0.39 is 0 Å². The summed E-state index contributed by atoms with van der Waals surface area (Å²) in [6.45, 7) is 6.15. The minimum absolute atomic E-state index is 0.00835. The van der Waals surface area contributed by atoms with Crippen molar-refractivity contribution in [1.82, 2.24) is 9.97 Å². The van der Waals surface area contributed by atoms with E-state index >= 15 is 0 Å². The van der Waals surface area contributed by atoms with Crippen LogP contribution in [0.2, 0.25) is 5.15 Å². The first kappa shape index (κ1) is 13.8. The van der Waals surface area contributed by atoms with E-state index in [1.807, 2.05) is 13.8 Å². The van der Waals surface area contributed by atoms with Crippen LogP contribution >= 0.6 is 11.6 Å². The second-order valence-corrected chi connectivity index (χ2v) is 4.63. The molecule has 0 radical (unpaired) electrons. The Morgan fingerprint density at radius 1 is 1.47 bits per heavy atom. The maximum atomic E-state index is 5.96. The molecule has 0 bridgehead atoms. The molecular formula is C13H18ClN3. The van der Waals surface area contributed by atoms with Crippen LogP contribution in [-0.2, 0) is 0 Å². The lowest BCUT2D eigenvalue weighted by atomic mass is 10.2. The Bertz CT molecular complexity index is 410. The molecule has 4 heteroatoms. The number of terminal acetylenes is 1. The highest BCUT2D eigenvalue weighted by Gasteiger charge is 2.09. The monoisotopic (exact) mass is 251 g/mol. The third kappa shape index (κ3) is 4.24. The van der Waals surface area contributed by atoms with Crippen molar-refractivity contribution in [2.24, 2.45) is 0 Å². The quantitative estimate of drug-likeness (QED) is 0.643. The minimum atomic E-state index is -0.00835. The van der Waals surface area contributed by atoms with Gasteiger partial charge in [-0.25, -0.2) is 9.97 Å². The molecule has 0 fully saturated rings. The molecule has 0 saturated carbocycles. The molecule has 0 aliphatic carbocycles. The summed E-state index contributed by atoms with van der Waals surface area (Å²) < 4.78 is 0. The van der Waals surface area contributed by atoms with E-state index in [1.54, 1.807) is 6.07 Å². The average Bonchev–Trinajstić information content (AvgIpc) is 2.27. The third-order valence-corrected chi connectivity index (χ3v) is 2.52. The predicted molar refractivity (Wildman–Crippen MR) is 72.3 cm³/mol. The highest BCUT2D eigenvalue weighted by Crippen LogP contribution is 2.18. The molecule has 17 heavy (non-hydrogen) atoms. The number of hydrogen-bond donors (Lipinski definition) is 1. The van der Waals surface area contributed by atoms with E-state index in [0.29, 0.717) is 11.0 Å². The summed E-state index contributed by atoms with van der Waals surface area (Å²) in [7, 11) is 0. The van der Waals surface area contributed by atoms with E-state index in [0.717, 1.165) is 18.7 Å². The molecule has 1 N–H and O–H groups in total. The van der Waals surface area contributed by atoms with Gasteiger partial charge in [-0.15, -0.1) is 6.42 Å². The second-order valence-electron chi connectivity index (χ2n) is 4.24. The average molecular weight is 252 g/mol. The van der Waals surface area contributed by atoms with Crippen molar-refractivity contribution in [3.8, 4) is 12.3 Å². The largest absolute Gasteiger partial charge is 0.356 e. The number of hydrogen-bond acceptors (Lipinski definition) is 3. The summed E-state index contributed by atoms with van der Waals surface area (Å²) >= 11 is 5.96. The summed E-state index contributed by atoms with van der Waals surface area (Å²) in [5.74, 6) is 4.37. The SMILES string of the molecule is C#CC(CCC)Nc1cc(Cl)nc(C(C)C)n1. The zero-order chi connectivity index (χ0) is 12.8. The Kier molecular flexibility index (Phi) is 5.24. The summed E-state index contributed by atoms with van der Waals surface area (Å²) in [5.41, 5.74) is 0. The van der Waals surface area contributed by atoms with E-state index in [-0.39, 0.29) is 12.0 Å². The van der Waals surface area contributed by atoms with Gasteiger partial charge in [0.1, 0.15) is 16.8 Å². The topological polar surface area (TPSA) is 37.8 Å². The lowest BCUT2D eigenvalue weighted by Gasteiger charge is -2.14. The van der Waals surface area contributed by atoms with Crippen molar-refractivity contribution in [1.29, 1.82) is 0 Å². The highest BCUT2D eigenvalue weighted by molar-refractivity contribution is 6.29. The molecule has 0 aromatic carbocycles. The molecule has 0 amide bonds. The number of nitrogens with zero attached hydrogens (tertiary/aromatic N) is 2. The van der Waals surface area contributed by atoms with Crippen molar-refractivity contribution in [3.63, 3.8) is 0 Å². The molecule has 1 heterocycles. The van der Waals surface area contributed by atoms with Crippen LogP contribution in [0.4, 0.5) is 5.82 Å². The van der Waals surface area contributed by atoms with Crippen molar-refractivity contribution in [2.45, 2.75) is 45.6 Å². The van der Waals surface area contributed by atoms with Crippen LogP contribution < -0.4 is 5.32 Å². The van der Waals surface area contributed by atoms with Crippen molar-refractivity contribution >= 4 is 17.4 Å². The third-order valence-electron chi connectivity index (χ3n) is 2.33. The van der Waals surface area contributed by atoms with E-state index in [1.165, 1.54) is 0 Å². The fourth-order valence-electron chi connectivity index (χ4n) is 1.43. The molecule has 1 unspecified atom stereocenters. The second kappa shape index (κ2) is 6.46. The standard InChI is InChI=1S/C13H18ClN3/c1-5-7-10(6-2)15-12-8-11(14)16-13(17-12)9(3)4/h2,8-10H,5,7H2,1,3-4H3,(H,15,16,17). The Hall–Kier alpha value is -1.27. The molecule has 1 aromatic heterocycles. The normalized spacial score (nSPS) is 12.2. The van der Waals surface area contributed by atoms with Gasteiger partial charge in [0.2, 0.25) is 0 Å². The van der Waals surface area contributed by atoms with E-state index in [2.05, 4.69) is 28.1 Å². The summed E-state index contributed by atoms with van der Waals surface area (Å²) in [6, 6.07) is 1.69. The van der Waals surface area contributed by atoms with Gasteiger partial charge in [0.15, 0.2) is 0 Å². The molecule has 1 aromatic rings. The molecule has 1 atom stereocenters. The molecule has 92 valence electrons. The molecule has 0 spiro atoms. The zero-order valence-electron chi connectivity index (χ0n) is 10.5. The lowest BCUT2D eigenvalue weighted by molar-refractivity contribution is 0.740. The zero-order valence-corrected chi connectivity index (χ0v) is 11.3. The van der Waals surface area contributed by atoms with Gasteiger partial charge >= 0.3 is 0 Å². The van der Waals surface area contributed by atoms with Crippen molar-refractivity contribution in [2.75, 3.05) is 5.32 Å². The number of rotatable bonds is 5. The van der Waals surface area contributed by atoms with Crippen molar-refractivity contribution in [3.05, 3.63) is 17.0 Å². The smallest absolute Gasteiger partial charge is 0.135 e. The van der Waals surface area contributed by atoms with Gasteiger partial charge in [0, 0.05) is 12.0 Å². The van der Waals surface area contributed by atoms with Crippen LogP contribution in [-0.4, -0.2) is 16.0 Å². The highest BCUT2D eigenvalue weighted by atomic mass is 35.5. The molecule has 0 aliphatic rings. The minimum Gasteiger partial charge on any atom is -0.356 e. The van der Waals surface area contributed by atoms with Crippen LogP contribution in [0, 0.1) is 12.3 Å². The van der Waals surface area contributed by atoms with Gasteiger partial charge in [-0.2, -0.15) is 0 Å². The molecule has 0 saturated heterocycles. The predicted octanol–water partition coefficient (Wildman–Crippen LogP) is 3.47. The van der Waals surface area contributed by atoms with Gasteiger partial charge < -0.3 is 5.32 Å². The number of halogens is 1. The Morgan fingerprint density at radius 2 is 2.18 bits per heavy atom. The number of anilines is 1. The Labute approximate surface area is 108 Å². The van der Waals surface area contributed by atoms with Gasteiger partial charge in [-0.1, -0.05) is 44.7 Å². The van der Waals surface area contributed by atoms with E-state index in [4.69, 9.17) is 18.0 Å². The summed E-state index contributed by atoms with van der Waals surface area (Å²) in [6.07, 6.45) is 7.39. The van der Waals surface area contributed by atoms with Gasteiger partial charge in [-0.3, -0.25) is 0 Å². The molecule has 1 rings (SSSR count). The first-order valence-corrected chi connectivity index (χ1v) is 6.21. The van der Waals surface area contributed by atoms with Gasteiger partial charge in [0.05, 0.1) is 6.04 Å². The maximum Gasteiger partial charge on any atom is 0.135 e. The number of aromatic nitrogens is 2.